The molecule has 0 saturated carbocycles. The molecular formula is C32H48O2. The zero-order valence-electron chi connectivity index (χ0n) is 22.7. The van der Waals surface area contributed by atoms with Gasteiger partial charge in [0.1, 0.15) is 11.5 Å². The van der Waals surface area contributed by atoms with Gasteiger partial charge in [-0.25, -0.2) is 0 Å². The van der Waals surface area contributed by atoms with Crippen molar-refractivity contribution in [1.29, 1.82) is 0 Å². The highest BCUT2D eigenvalue weighted by molar-refractivity contribution is 5.49. The first kappa shape index (κ1) is 26.6. The van der Waals surface area contributed by atoms with Crippen LogP contribution in [0.3, 0.4) is 0 Å². The summed E-state index contributed by atoms with van der Waals surface area (Å²) in [6.45, 7) is 13.5. The second-order valence-corrected chi connectivity index (χ2v) is 12.6. The Hall–Kier alpha value is -1.96. The van der Waals surface area contributed by atoms with Gasteiger partial charge in [0.2, 0.25) is 0 Å². The van der Waals surface area contributed by atoms with Gasteiger partial charge in [0, 0.05) is 0 Å². The van der Waals surface area contributed by atoms with Gasteiger partial charge in [-0.1, -0.05) is 104 Å². The summed E-state index contributed by atoms with van der Waals surface area (Å²) in [6, 6.07) is 8.85. The number of hydrogen-bond acceptors (Lipinski definition) is 2. The van der Waals surface area contributed by atoms with Gasteiger partial charge in [-0.15, -0.1) is 0 Å². The lowest BCUT2D eigenvalue weighted by atomic mass is 9.82. The monoisotopic (exact) mass is 464 g/mol. The maximum atomic E-state index is 11.2. The molecule has 3 rings (SSSR count). The summed E-state index contributed by atoms with van der Waals surface area (Å²) >= 11 is 0. The minimum Gasteiger partial charge on any atom is -0.507 e. The normalized spacial score (nSPS) is 17.1. The van der Waals surface area contributed by atoms with E-state index in [2.05, 4.69) is 65.8 Å². The average molecular weight is 465 g/mol. The van der Waals surface area contributed by atoms with Crippen molar-refractivity contribution in [3.63, 3.8) is 0 Å². The van der Waals surface area contributed by atoms with Crippen molar-refractivity contribution in [2.24, 2.45) is 0 Å². The Labute approximate surface area is 208 Å². The third-order valence-corrected chi connectivity index (χ3v) is 7.57. The third kappa shape index (κ3) is 7.03. The number of phenols is 2. The van der Waals surface area contributed by atoms with Crippen molar-refractivity contribution in [3.05, 3.63) is 57.6 Å². The van der Waals surface area contributed by atoms with Gasteiger partial charge in [-0.3, -0.25) is 0 Å². The van der Waals surface area contributed by atoms with Crippen molar-refractivity contribution in [1.82, 2.24) is 0 Å². The van der Waals surface area contributed by atoms with Gasteiger partial charge < -0.3 is 10.2 Å². The molecule has 0 saturated heterocycles. The lowest BCUT2D eigenvalue weighted by molar-refractivity contribution is 0.450. The quantitative estimate of drug-likeness (QED) is 0.409. The average Bonchev–Trinajstić information content (AvgIpc) is 2.74. The van der Waals surface area contributed by atoms with E-state index in [0.717, 1.165) is 60.8 Å². The van der Waals surface area contributed by atoms with E-state index in [0.29, 0.717) is 11.5 Å². The van der Waals surface area contributed by atoms with E-state index in [1.165, 1.54) is 49.7 Å². The van der Waals surface area contributed by atoms with E-state index in [1.807, 2.05) is 0 Å². The second kappa shape index (κ2) is 11.2. The molecule has 188 valence electrons. The molecule has 0 spiro atoms. The maximum Gasteiger partial charge on any atom is 0.121 e. The largest absolute Gasteiger partial charge is 0.507 e. The summed E-state index contributed by atoms with van der Waals surface area (Å²) in [5.41, 5.74) is 6.88. The van der Waals surface area contributed by atoms with Gasteiger partial charge in [0.15, 0.2) is 0 Å². The summed E-state index contributed by atoms with van der Waals surface area (Å²) in [7, 11) is 0. The minimum absolute atomic E-state index is 0.0374. The Bertz CT molecular complexity index is 877. The van der Waals surface area contributed by atoms with Crippen LogP contribution >= 0.6 is 0 Å². The van der Waals surface area contributed by atoms with E-state index in [1.54, 1.807) is 0 Å². The number of fused-ring (bicyclic) bond motifs is 4. The molecule has 0 heterocycles. The van der Waals surface area contributed by atoms with E-state index >= 15 is 0 Å². The van der Waals surface area contributed by atoms with Crippen LogP contribution in [0.1, 0.15) is 126 Å². The van der Waals surface area contributed by atoms with Crippen molar-refractivity contribution in [3.8, 4) is 11.5 Å². The van der Waals surface area contributed by atoms with Crippen LogP contribution in [-0.2, 0) is 36.5 Å². The number of hydrogen-bond donors (Lipinski definition) is 2. The zero-order valence-corrected chi connectivity index (χ0v) is 22.7. The Morgan fingerprint density at radius 3 is 1.00 bits per heavy atom. The Balaban J connectivity index is 2.01. The number of phenolic OH excluding ortho intramolecular Hbond substituents is 2. The van der Waals surface area contributed by atoms with Crippen LogP contribution in [0.4, 0.5) is 0 Å². The molecule has 34 heavy (non-hydrogen) atoms. The van der Waals surface area contributed by atoms with Crippen molar-refractivity contribution in [2.75, 3.05) is 0 Å². The van der Waals surface area contributed by atoms with Gasteiger partial charge in [0.25, 0.3) is 0 Å². The maximum absolute atomic E-state index is 11.2. The molecule has 4 bridgehead atoms. The lowest BCUT2D eigenvalue weighted by Gasteiger charge is -2.24. The molecular weight excluding hydrogens is 416 g/mol. The van der Waals surface area contributed by atoms with Crippen LogP contribution in [0.2, 0.25) is 0 Å². The molecule has 2 nitrogen and oxygen atoms in total. The molecule has 2 aromatic rings. The molecule has 0 atom stereocenters. The number of benzene rings is 2. The summed E-state index contributed by atoms with van der Waals surface area (Å²) < 4.78 is 0. The SMILES string of the molecule is CC(C)(C)c1cc2c(O)c(c1)CCc1cc(C(C)(C)C)cc(c1O)CCCCCCCCCC2. The number of rotatable bonds is 0. The molecule has 0 aromatic heterocycles. The fourth-order valence-electron chi connectivity index (χ4n) is 5.11. The van der Waals surface area contributed by atoms with Crippen LogP contribution in [0.5, 0.6) is 11.5 Å². The van der Waals surface area contributed by atoms with Crippen LogP contribution < -0.4 is 0 Å². The van der Waals surface area contributed by atoms with Crippen LogP contribution in [-0.4, -0.2) is 10.2 Å². The highest BCUT2D eigenvalue weighted by Gasteiger charge is 2.21. The van der Waals surface area contributed by atoms with E-state index in [-0.39, 0.29) is 10.8 Å². The molecule has 1 aliphatic carbocycles. The fourth-order valence-corrected chi connectivity index (χ4v) is 5.11. The van der Waals surface area contributed by atoms with Crippen molar-refractivity contribution >= 4 is 0 Å². The predicted molar refractivity (Wildman–Crippen MR) is 145 cm³/mol. The Kier molecular flexibility index (Phi) is 8.77. The molecule has 0 radical (unpaired) electrons. The summed E-state index contributed by atoms with van der Waals surface area (Å²) in [4.78, 5) is 0. The molecule has 0 unspecified atom stereocenters. The number of aryl methyl sites for hydroxylation is 4. The first-order valence-corrected chi connectivity index (χ1v) is 13.7. The van der Waals surface area contributed by atoms with E-state index < -0.39 is 0 Å². The molecule has 0 aliphatic heterocycles. The summed E-state index contributed by atoms with van der Waals surface area (Å²) in [5, 5.41) is 22.4. The molecule has 2 N–H and O–H groups in total. The van der Waals surface area contributed by atoms with Crippen molar-refractivity contribution in [2.45, 2.75) is 129 Å². The summed E-state index contributed by atoms with van der Waals surface area (Å²) in [6.07, 6.45) is 13.3. The van der Waals surface area contributed by atoms with E-state index in [9.17, 15) is 10.2 Å². The molecule has 2 aromatic carbocycles. The zero-order chi connectivity index (χ0) is 24.9. The van der Waals surface area contributed by atoms with Crippen LogP contribution in [0.25, 0.3) is 0 Å². The number of aromatic hydroxyl groups is 2. The van der Waals surface area contributed by atoms with Gasteiger partial charge in [-0.2, -0.15) is 0 Å². The fraction of sp³-hybridized carbons (Fsp3) is 0.625. The van der Waals surface area contributed by atoms with Gasteiger partial charge >= 0.3 is 0 Å². The first-order valence-electron chi connectivity index (χ1n) is 13.7. The Morgan fingerprint density at radius 1 is 0.441 bits per heavy atom. The smallest absolute Gasteiger partial charge is 0.121 e. The second-order valence-electron chi connectivity index (χ2n) is 12.6. The van der Waals surface area contributed by atoms with Gasteiger partial charge in [0.05, 0.1) is 0 Å². The van der Waals surface area contributed by atoms with E-state index in [4.69, 9.17) is 0 Å². The van der Waals surface area contributed by atoms with Crippen molar-refractivity contribution < 1.29 is 10.2 Å². The highest BCUT2D eigenvalue weighted by Crippen LogP contribution is 2.36. The van der Waals surface area contributed by atoms with Crippen LogP contribution in [0, 0.1) is 0 Å². The third-order valence-electron chi connectivity index (χ3n) is 7.57. The molecule has 2 heteroatoms. The summed E-state index contributed by atoms with van der Waals surface area (Å²) in [5.74, 6) is 0.946. The highest BCUT2D eigenvalue weighted by atomic mass is 16.3. The first-order chi connectivity index (χ1) is 16.0. The predicted octanol–water partition coefficient (Wildman–Crippen LogP) is 8.70. The van der Waals surface area contributed by atoms with Gasteiger partial charge in [-0.05, 0) is 82.7 Å². The molecule has 1 aliphatic rings. The molecule has 0 fully saturated rings. The standard InChI is InChI=1S/C32H48O2/c1-31(2,3)27-19-23-15-13-11-9-7-8-10-12-14-16-24-20-28(32(4,5)6)22-26(30(24)34)18-17-25(21-27)29(23)33/h19-22,33-34H,7-18H2,1-6H3. The topological polar surface area (TPSA) is 40.5 Å². The lowest BCUT2D eigenvalue weighted by Crippen LogP contribution is -2.13. The minimum atomic E-state index is 0.0374. The Morgan fingerprint density at radius 2 is 0.706 bits per heavy atom. The molecule has 0 amide bonds. The van der Waals surface area contributed by atoms with Crippen LogP contribution in [0.15, 0.2) is 24.3 Å².